The lowest BCUT2D eigenvalue weighted by molar-refractivity contribution is -0.121. The first-order valence-corrected chi connectivity index (χ1v) is 9.79. The number of nitrogens with one attached hydrogen (secondary N) is 1. The predicted octanol–water partition coefficient (Wildman–Crippen LogP) is 2.92. The third-order valence-corrected chi connectivity index (χ3v) is 4.95. The minimum Gasteiger partial charge on any atom is -0.489 e. The molecule has 1 aliphatic heterocycles. The number of ether oxygens (including phenoxy) is 2. The van der Waals surface area contributed by atoms with Crippen molar-refractivity contribution in [3.63, 3.8) is 0 Å². The van der Waals surface area contributed by atoms with Crippen molar-refractivity contribution in [3.8, 4) is 11.5 Å². The molecular formula is C21H20ClN3O4. The average molecular weight is 414 g/mol. The number of carbonyl (C=O) groups excluding carboxylic acids is 1. The van der Waals surface area contributed by atoms with Gasteiger partial charge in [0.1, 0.15) is 0 Å². The number of rotatable bonds is 5. The zero-order chi connectivity index (χ0) is 20.2. The summed E-state index contributed by atoms with van der Waals surface area (Å²) in [4.78, 5) is 24.2. The highest BCUT2D eigenvalue weighted by Crippen LogP contribution is 2.37. The Morgan fingerprint density at radius 3 is 2.93 bits per heavy atom. The summed E-state index contributed by atoms with van der Waals surface area (Å²) in [5.74, 6) is 1.02. The molecular weight excluding hydrogens is 394 g/mol. The third-order valence-electron chi connectivity index (χ3n) is 4.66. The van der Waals surface area contributed by atoms with Crippen LogP contribution in [-0.2, 0) is 17.9 Å². The van der Waals surface area contributed by atoms with Crippen LogP contribution in [0.1, 0.15) is 18.4 Å². The van der Waals surface area contributed by atoms with Crippen molar-refractivity contribution in [2.75, 3.05) is 13.2 Å². The molecule has 4 rings (SSSR count). The Bertz CT molecular complexity index is 1110. The van der Waals surface area contributed by atoms with Crippen LogP contribution in [0.25, 0.3) is 10.9 Å². The number of halogens is 1. The van der Waals surface area contributed by atoms with Gasteiger partial charge in [0.15, 0.2) is 11.5 Å². The fourth-order valence-corrected chi connectivity index (χ4v) is 3.51. The zero-order valence-electron chi connectivity index (χ0n) is 15.7. The Balaban J connectivity index is 1.39. The SMILES string of the molecule is O=C(CCn1ncc(=O)c2ccccc21)NCc1cc(Cl)c2c(c1)OCCCO2. The number of benzene rings is 2. The maximum Gasteiger partial charge on any atom is 0.222 e. The van der Waals surface area contributed by atoms with Gasteiger partial charge in [0.25, 0.3) is 0 Å². The molecule has 0 radical (unpaired) electrons. The van der Waals surface area contributed by atoms with Gasteiger partial charge in [-0.1, -0.05) is 23.7 Å². The number of fused-ring (bicyclic) bond motifs is 2. The van der Waals surface area contributed by atoms with Crippen molar-refractivity contribution >= 4 is 28.4 Å². The number of para-hydroxylation sites is 1. The van der Waals surface area contributed by atoms with Gasteiger partial charge in [-0.2, -0.15) is 5.10 Å². The maximum atomic E-state index is 12.3. The highest BCUT2D eigenvalue weighted by Gasteiger charge is 2.16. The number of hydrogen-bond acceptors (Lipinski definition) is 5. The highest BCUT2D eigenvalue weighted by molar-refractivity contribution is 6.32. The van der Waals surface area contributed by atoms with Crippen LogP contribution >= 0.6 is 11.6 Å². The second-order valence-corrected chi connectivity index (χ2v) is 7.14. The standard InChI is InChI=1S/C21H20ClN3O4/c22-16-10-14(11-19-21(16)29-9-3-8-28-19)12-23-20(27)6-7-25-17-5-2-1-4-15(17)18(26)13-24-25/h1-2,4-5,10-11,13H,3,6-9,12H2,(H,23,27). The van der Waals surface area contributed by atoms with E-state index in [4.69, 9.17) is 21.1 Å². The summed E-state index contributed by atoms with van der Waals surface area (Å²) >= 11 is 6.29. The summed E-state index contributed by atoms with van der Waals surface area (Å²) in [5.41, 5.74) is 1.41. The Labute approximate surface area is 172 Å². The van der Waals surface area contributed by atoms with Crippen LogP contribution in [0.4, 0.5) is 0 Å². The average Bonchev–Trinajstić information content (AvgIpc) is 2.98. The van der Waals surface area contributed by atoms with Crippen molar-refractivity contribution < 1.29 is 14.3 Å². The summed E-state index contributed by atoms with van der Waals surface area (Å²) in [6, 6.07) is 10.8. The number of nitrogens with zero attached hydrogens (tertiary/aromatic N) is 2. The first kappa shape index (κ1) is 19.3. The molecule has 0 fully saturated rings. The summed E-state index contributed by atoms with van der Waals surface area (Å²) in [6.07, 6.45) is 2.31. The van der Waals surface area contributed by atoms with Gasteiger partial charge in [-0.05, 0) is 29.8 Å². The van der Waals surface area contributed by atoms with Gasteiger partial charge in [-0.3, -0.25) is 14.3 Å². The fourth-order valence-electron chi connectivity index (χ4n) is 3.22. The number of hydrogen-bond donors (Lipinski definition) is 1. The van der Waals surface area contributed by atoms with Gasteiger partial charge < -0.3 is 14.8 Å². The number of carbonyl (C=O) groups is 1. The summed E-state index contributed by atoms with van der Waals surface area (Å²) < 4.78 is 13.0. The zero-order valence-corrected chi connectivity index (χ0v) is 16.4. The Hall–Kier alpha value is -3.06. The van der Waals surface area contributed by atoms with E-state index >= 15 is 0 Å². The second-order valence-electron chi connectivity index (χ2n) is 6.73. The fraction of sp³-hybridized carbons (Fsp3) is 0.286. The van der Waals surface area contributed by atoms with Gasteiger partial charge in [-0.15, -0.1) is 0 Å². The molecule has 1 N–H and O–H groups in total. The largest absolute Gasteiger partial charge is 0.489 e. The molecule has 0 aliphatic carbocycles. The molecule has 0 atom stereocenters. The van der Waals surface area contributed by atoms with E-state index in [2.05, 4.69) is 10.4 Å². The predicted molar refractivity (Wildman–Crippen MR) is 110 cm³/mol. The lowest BCUT2D eigenvalue weighted by Gasteiger charge is -2.12. The molecule has 0 unspecified atom stereocenters. The van der Waals surface area contributed by atoms with Crippen molar-refractivity contribution in [2.45, 2.75) is 25.9 Å². The van der Waals surface area contributed by atoms with E-state index in [1.807, 2.05) is 18.2 Å². The Kier molecular flexibility index (Phi) is 5.67. The smallest absolute Gasteiger partial charge is 0.222 e. The quantitative estimate of drug-likeness (QED) is 0.695. The lowest BCUT2D eigenvalue weighted by Crippen LogP contribution is -2.25. The van der Waals surface area contributed by atoms with Crippen molar-refractivity contribution in [1.29, 1.82) is 0 Å². The minimum atomic E-state index is -0.132. The van der Waals surface area contributed by atoms with E-state index in [1.54, 1.807) is 22.9 Å². The van der Waals surface area contributed by atoms with Gasteiger partial charge in [0.05, 0.1) is 36.5 Å². The molecule has 2 aromatic carbocycles. The van der Waals surface area contributed by atoms with Gasteiger partial charge in [-0.25, -0.2) is 0 Å². The molecule has 29 heavy (non-hydrogen) atoms. The van der Waals surface area contributed by atoms with Crippen LogP contribution in [0.2, 0.25) is 5.02 Å². The second kappa shape index (κ2) is 8.53. The van der Waals surface area contributed by atoms with Gasteiger partial charge >= 0.3 is 0 Å². The lowest BCUT2D eigenvalue weighted by atomic mass is 10.2. The Morgan fingerprint density at radius 2 is 2.03 bits per heavy atom. The molecule has 3 aromatic rings. The van der Waals surface area contributed by atoms with Crippen molar-refractivity contribution in [2.24, 2.45) is 0 Å². The van der Waals surface area contributed by atoms with Crippen LogP contribution in [0, 0.1) is 0 Å². The maximum absolute atomic E-state index is 12.3. The van der Waals surface area contributed by atoms with Crippen molar-refractivity contribution in [1.82, 2.24) is 15.1 Å². The molecule has 0 saturated heterocycles. The van der Waals surface area contributed by atoms with E-state index in [1.165, 1.54) is 6.20 Å². The van der Waals surface area contributed by atoms with Gasteiger partial charge in [0.2, 0.25) is 11.3 Å². The molecule has 0 bridgehead atoms. The molecule has 0 saturated carbocycles. The monoisotopic (exact) mass is 413 g/mol. The van der Waals surface area contributed by atoms with Crippen LogP contribution in [0.15, 0.2) is 47.4 Å². The summed E-state index contributed by atoms with van der Waals surface area (Å²) in [5, 5.41) is 8.08. The Morgan fingerprint density at radius 1 is 1.21 bits per heavy atom. The first-order valence-electron chi connectivity index (χ1n) is 9.41. The van der Waals surface area contributed by atoms with Crippen LogP contribution < -0.4 is 20.2 Å². The molecule has 1 aromatic heterocycles. The molecule has 7 nitrogen and oxygen atoms in total. The minimum absolute atomic E-state index is 0.127. The summed E-state index contributed by atoms with van der Waals surface area (Å²) in [7, 11) is 0. The van der Waals surface area contributed by atoms with Crippen LogP contribution in [0.5, 0.6) is 11.5 Å². The molecule has 1 aliphatic rings. The van der Waals surface area contributed by atoms with Gasteiger partial charge in [0, 0.05) is 24.8 Å². The highest BCUT2D eigenvalue weighted by atomic mass is 35.5. The van der Waals surface area contributed by atoms with Crippen LogP contribution in [-0.4, -0.2) is 28.9 Å². The molecule has 0 spiro atoms. The number of aromatic nitrogens is 2. The first-order chi connectivity index (χ1) is 14.1. The van der Waals surface area contributed by atoms with Crippen molar-refractivity contribution in [3.05, 3.63) is 63.4 Å². The number of amides is 1. The van der Waals surface area contributed by atoms with E-state index in [9.17, 15) is 9.59 Å². The molecule has 8 heteroatoms. The molecule has 2 heterocycles. The molecule has 1 amide bonds. The van der Waals surface area contributed by atoms with E-state index in [0.29, 0.717) is 53.7 Å². The van der Waals surface area contributed by atoms with E-state index in [-0.39, 0.29) is 17.8 Å². The number of aryl methyl sites for hydroxylation is 1. The third kappa shape index (κ3) is 4.35. The van der Waals surface area contributed by atoms with Crippen LogP contribution in [0.3, 0.4) is 0 Å². The molecule has 150 valence electrons. The van der Waals surface area contributed by atoms with E-state index in [0.717, 1.165) is 12.0 Å². The van der Waals surface area contributed by atoms with E-state index < -0.39 is 0 Å². The summed E-state index contributed by atoms with van der Waals surface area (Å²) in [6.45, 7) is 1.83. The topological polar surface area (TPSA) is 82.5 Å². The normalized spacial score (nSPS) is 13.1.